The Hall–Kier alpha value is -1.77. The number of nitrogens with one attached hydrogen (secondary N) is 1. The molecule has 1 saturated heterocycles. The lowest BCUT2D eigenvalue weighted by atomic mass is 9.45. The summed E-state index contributed by atoms with van der Waals surface area (Å²) in [6.45, 7) is 5.54. The third-order valence-corrected chi connectivity index (χ3v) is 7.50. The molecule has 3 saturated carbocycles. The Morgan fingerprint density at radius 2 is 2.00 bits per heavy atom. The standard InChI is InChI=1S/C19H25F3N2O4/c1-17(2)10-5-4-9(11(17)6-10)7-23-14(26)12-13(25)18(3)8-28-16(19(20,21)22)24(18)15(12)27/h9-11,16,25H,4-8H2,1-3H3,(H,23,26)/t9?,10?,11?,16-,18-/m1/s1. The highest BCUT2D eigenvalue weighted by atomic mass is 19.4. The summed E-state index contributed by atoms with van der Waals surface area (Å²) in [4.78, 5) is 25.6. The molecule has 2 amide bonds. The second-order valence-electron chi connectivity index (χ2n) is 9.29. The highest BCUT2D eigenvalue weighted by Crippen LogP contribution is 2.61. The van der Waals surface area contributed by atoms with Crippen LogP contribution in [0.3, 0.4) is 0 Å². The van der Waals surface area contributed by atoms with Crippen LogP contribution in [-0.4, -0.2) is 52.9 Å². The molecule has 0 radical (unpaired) electrons. The summed E-state index contributed by atoms with van der Waals surface area (Å²) in [7, 11) is 0. The van der Waals surface area contributed by atoms with Gasteiger partial charge >= 0.3 is 6.18 Å². The molecule has 2 bridgehead atoms. The van der Waals surface area contributed by atoms with Gasteiger partial charge in [0.1, 0.15) is 16.9 Å². The Balaban J connectivity index is 1.48. The van der Waals surface area contributed by atoms with Gasteiger partial charge in [0, 0.05) is 6.54 Å². The van der Waals surface area contributed by atoms with Crippen molar-refractivity contribution >= 4 is 11.8 Å². The average Bonchev–Trinajstić information content (AvgIpc) is 3.06. The first-order valence-corrected chi connectivity index (χ1v) is 9.63. The number of hydrogen-bond acceptors (Lipinski definition) is 4. The van der Waals surface area contributed by atoms with Crippen LogP contribution >= 0.6 is 0 Å². The third kappa shape index (κ3) is 2.51. The van der Waals surface area contributed by atoms with E-state index in [9.17, 15) is 27.9 Å². The van der Waals surface area contributed by atoms with Crippen molar-refractivity contribution in [2.75, 3.05) is 13.2 Å². The number of alkyl halides is 3. The summed E-state index contributed by atoms with van der Waals surface area (Å²) in [6.07, 6.45) is -4.09. The van der Waals surface area contributed by atoms with Crippen LogP contribution in [0, 0.1) is 23.2 Å². The Morgan fingerprint density at radius 1 is 1.32 bits per heavy atom. The van der Waals surface area contributed by atoms with Crippen LogP contribution in [-0.2, 0) is 14.3 Å². The van der Waals surface area contributed by atoms with Gasteiger partial charge in [0.15, 0.2) is 0 Å². The highest BCUT2D eigenvalue weighted by Gasteiger charge is 2.64. The van der Waals surface area contributed by atoms with Gasteiger partial charge in [0.2, 0.25) is 6.23 Å². The fourth-order valence-corrected chi connectivity index (χ4v) is 5.61. The summed E-state index contributed by atoms with van der Waals surface area (Å²) in [6, 6.07) is 0. The summed E-state index contributed by atoms with van der Waals surface area (Å²) < 4.78 is 44.3. The summed E-state index contributed by atoms with van der Waals surface area (Å²) >= 11 is 0. The van der Waals surface area contributed by atoms with Crippen LogP contribution in [0.4, 0.5) is 13.2 Å². The number of halogens is 3. The predicted octanol–water partition coefficient (Wildman–Crippen LogP) is 2.51. The number of hydrogen-bond donors (Lipinski definition) is 2. The average molecular weight is 402 g/mol. The fraction of sp³-hybridized carbons (Fsp3) is 0.789. The van der Waals surface area contributed by atoms with Crippen LogP contribution in [0.25, 0.3) is 0 Å². The number of aliphatic hydroxyl groups is 1. The van der Waals surface area contributed by atoms with Crippen molar-refractivity contribution in [1.29, 1.82) is 0 Å². The van der Waals surface area contributed by atoms with Crippen molar-refractivity contribution < 1.29 is 32.6 Å². The quantitative estimate of drug-likeness (QED) is 0.711. The van der Waals surface area contributed by atoms with Crippen LogP contribution in [0.2, 0.25) is 0 Å². The second kappa shape index (κ2) is 5.87. The number of ether oxygens (including phenoxy) is 1. The van der Waals surface area contributed by atoms with Gasteiger partial charge in [-0.05, 0) is 49.4 Å². The fourth-order valence-electron chi connectivity index (χ4n) is 5.61. The molecule has 3 unspecified atom stereocenters. The number of carbonyl (C=O) groups excluding carboxylic acids is 2. The van der Waals surface area contributed by atoms with Gasteiger partial charge in [0.25, 0.3) is 11.8 Å². The van der Waals surface area contributed by atoms with Gasteiger partial charge in [-0.3, -0.25) is 14.5 Å². The van der Waals surface area contributed by atoms with Crippen molar-refractivity contribution in [1.82, 2.24) is 10.2 Å². The number of nitrogens with zero attached hydrogens (tertiary/aromatic N) is 1. The van der Waals surface area contributed by atoms with Gasteiger partial charge in [-0.15, -0.1) is 0 Å². The van der Waals surface area contributed by atoms with Crippen LogP contribution < -0.4 is 5.32 Å². The maximum atomic E-state index is 13.2. The summed E-state index contributed by atoms with van der Waals surface area (Å²) in [5.74, 6) is -1.17. The molecule has 0 spiro atoms. The molecule has 4 fully saturated rings. The van der Waals surface area contributed by atoms with Gasteiger partial charge in [-0.2, -0.15) is 13.2 Å². The molecule has 5 atom stereocenters. The minimum absolute atomic E-state index is 0.228. The van der Waals surface area contributed by atoms with Gasteiger partial charge in [-0.25, -0.2) is 0 Å². The molecule has 2 aliphatic heterocycles. The zero-order valence-corrected chi connectivity index (χ0v) is 16.1. The molecule has 6 nitrogen and oxygen atoms in total. The molecule has 0 aromatic heterocycles. The number of carbonyl (C=O) groups is 2. The molecule has 2 heterocycles. The van der Waals surface area contributed by atoms with E-state index in [2.05, 4.69) is 19.2 Å². The van der Waals surface area contributed by atoms with E-state index in [0.29, 0.717) is 23.3 Å². The smallest absolute Gasteiger partial charge is 0.433 e. The zero-order valence-electron chi connectivity index (χ0n) is 16.1. The summed E-state index contributed by atoms with van der Waals surface area (Å²) in [5.41, 5.74) is -2.06. The van der Waals surface area contributed by atoms with Crippen molar-refractivity contribution in [2.24, 2.45) is 23.2 Å². The molecular formula is C19H25F3N2O4. The molecule has 9 heteroatoms. The van der Waals surface area contributed by atoms with E-state index in [0.717, 1.165) is 19.3 Å². The molecule has 0 aromatic carbocycles. The first-order valence-electron chi connectivity index (χ1n) is 9.63. The molecule has 3 aliphatic carbocycles. The van der Waals surface area contributed by atoms with Crippen molar-refractivity contribution in [3.05, 3.63) is 11.3 Å². The third-order valence-electron chi connectivity index (χ3n) is 7.50. The number of fused-ring (bicyclic) bond motifs is 3. The minimum Gasteiger partial charge on any atom is -0.509 e. The molecule has 0 aromatic rings. The normalized spacial score (nSPS) is 39.1. The lowest BCUT2D eigenvalue weighted by Gasteiger charge is -2.60. The Labute approximate surface area is 161 Å². The maximum absolute atomic E-state index is 13.2. The van der Waals surface area contributed by atoms with E-state index in [4.69, 9.17) is 4.74 Å². The monoisotopic (exact) mass is 402 g/mol. The zero-order chi connectivity index (χ0) is 20.6. The van der Waals surface area contributed by atoms with Gasteiger partial charge in [0.05, 0.1) is 6.61 Å². The van der Waals surface area contributed by atoms with Crippen molar-refractivity contribution in [2.45, 2.75) is 58.0 Å². The first-order chi connectivity index (χ1) is 12.9. The molecular weight excluding hydrogens is 377 g/mol. The van der Waals surface area contributed by atoms with Gasteiger partial charge < -0.3 is 15.2 Å². The van der Waals surface area contributed by atoms with Crippen molar-refractivity contribution in [3.63, 3.8) is 0 Å². The molecule has 156 valence electrons. The Bertz CT molecular complexity index is 761. The van der Waals surface area contributed by atoms with Gasteiger partial charge in [-0.1, -0.05) is 13.8 Å². The largest absolute Gasteiger partial charge is 0.509 e. The molecule has 2 N–H and O–H groups in total. The summed E-state index contributed by atoms with van der Waals surface area (Å²) in [5, 5.41) is 13.1. The van der Waals surface area contributed by atoms with E-state index < -0.39 is 47.7 Å². The molecule has 5 aliphatic rings. The molecule has 5 rings (SSSR count). The van der Waals surface area contributed by atoms with E-state index in [1.54, 1.807) is 0 Å². The highest BCUT2D eigenvalue weighted by molar-refractivity contribution is 6.21. The topological polar surface area (TPSA) is 78.9 Å². The SMILES string of the molecule is CC1(C)C2CCC(CNC(=O)C3=C(O)[C@@]4(C)CO[C@H](C(F)(F)F)N4C3=O)C1C2. The molecule has 28 heavy (non-hydrogen) atoms. The first kappa shape index (κ1) is 19.5. The van der Waals surface area contributed by atoms with Crippen LogP contribution in [0.15, 0.2) is 11.3 Å². The predicted molar refractivity (Wildman–Crippen MR) is 91.8 cm³/mol. The van der Waals surface area contributed by atoms with E-state index in [1.807, 2.05) is 0 Å². The van der Waals surface area contributed by atoms with Crippen LogP contribution in [0.5, 0.6) is 0 Å². The number of aliphatic hydroxyl groups excluding tert-OH is 1. The van der Waals surface area contributed by atoms with E-state index >= 15 is 0 Å². The van der Waals surface area contributed by atoms with E-state index in [-0.39, 0.29) is 11.3 Å². The minimum atomic E-state index is -4.81. The van der Waals surface area contributed by atoms with E-state index in [1.165, 1.54) is 6.92 Å². The number of rotatable bonds is 3. The maximum Gasteiger partial charge on any atom is 0.433 e. The Morgan fingerprint density at radius 3 is 2.57 bits per heavy atom. The number of amides is 2. The lowest BCUT2D eigenvalue weighted by molar-refractivity contribution is -0.239. The lowest BCUT2D eigenvalue weighted by Crippen LogP contribution is -2.54. The van der Waals surface area contributed by atoms with Crippen LogP contribution in [0.1, 0.15) is 40.0 Å². The second-order valence-corrected chi connectivity index (χ2v) is 9.29. The van der Waals surface area contributed by atoms with Crippen molar-refractivity contribution in [3.8, 4) is 0 Å². The Kier molecular flexibility index (Phi) is 4.10.